The van der Waals surface area contributed by atoms with Gasteiger partial charge < -0.3 is 9.84 Å². The Balaban J connectivity index is 3.92. The van der Waals surface area contributed by atoms with Gasteiger partial charge in [0.1, 0.15) is 0 Å². The van der Waals surface area contributed by atoms with E-state index in [2.05, 4.69) is 18.6 Å². The zero-order valence-corrected chi connectivity index (χ0v) is 9.25. The van der Waals surface area contributed by atoms with Crippen molar-refractivity contribution in [2.45, 2.75) is 40.0 Å². The van der Waals surface area contributed by atoms with E-state index in [-0.39, 0.29) is 5.76 Å². The van der Waals surface area contributed by atoms with Crippen LogP contribution in [-0.2, 0) is 9.53 Å². The van der Waals surface area contributed by atoms with E-state index in [9.17, 15) is 9.90 Å². The molecule has 0 aromatic rings. The van der Waals surface area contributed by atoms with Crippen LogP contribution in [0, 0.1) is 5.92 Å². The van der Waals surface area contributed by atoms with Crippen LogP contribution >= 0.6 is 0 Å². The second-order valence-corrected chi connectivity index (χ2v) is 3.49. The lowest BCUT2D eigenvalue weighted by molar-refractivity contribution is -0.137. The number of aliphatic hydroxyl groups is 1. The summed E-state index contributed by atoms with van der Waals surface area (Å²) in [6, 6.07) is 0. The Hall–Kier alpha value is -0.990. The first-order valence-electron chi connectivity index (χ1n) is 5.16. The summed E-state index contributed by atoms with van der Waals surface area (Å²) < 4.78 is 4.68. The van der Waals surface area contributed by atoms with Crippen LogP contribution in [0.15, 0.2) is 11.8 Å². The minimum absolute atomic E-state index is 0.115. The van der Waals surface area contributed by atoms with Crippen LogP contribution in [0.4, 0.5) is 0 Å². The zero-order chi connectivity index (χ0) is 11.0. The Kier molecular flexibility index (Phi) is 6.89. The average molecular weight is 200 g/mol. The molecule has 0 aromatic carbocycles. The number of carbonyl (C=O) groups excluding carboxylic acids is 1. The van der Waals surface area contributed by atoms with E-state index in [0.29, 0.717) is 18.9 Å². The first kappa shape index (κ1) is 13.0. The molecule has 3 nitrogen and oxygen atoms in total. The van der Waals surface area contributed by atoms with Gasteiger partial charge in [-0.1, -0.05) is 26.7 Å². The highest BCUT2D eigenvalue weighted by Gasteiger charge is 2.06. The number of esters is 1. The van der Waals surface area contributed by atoms with E-state index in [0.717, 1.165) is 18.9 Å². The van der Waals surface area contributed by atoms with Crippen molar-refractivity contribution < 1.29 is 14.6 Å². The topological polar surface area (TPSA) is 46.5 Å². The molecule has 0 radical (unpaired) electrons. The van der Waals surface area contributed by atoms with Gasteiger partial charge >= 0.3 is 5.97 Å². The maximum Gasteiger partial charge on any atom is 0.334 e. The number of hydrogen-bond acceptors (Lipinski definition) is 3. The van der Waals surface area contributed by atoms with Crippen molar-refractivity contribution >= 4 is 5.97 Å². The van der Waals surface area contributed by atoms with E-state index in [4.69, 9.17) is 0 Å². The fraction of sp³-hybridized carbons (Fsp3) is 0.727. The summed E-state index contributed by atoms with van der Waals surface area (Å²) in [5.74, 6) is 0.0591. The molecule has 0 aromatic heterocycles. The molecule has 1 N–H and O–H groups in total. The van der Waals surface area contributed by atoms with Crippen LogP contribution in [0.2, 0.25) is 0 Å². The molecule has 0 saturated heterocycles. The molecule has 0 heterocycles. The van der Waals surface area contributed by atoms with Gasteiger partial charge in [-0.2, -0.15) is 0 Å². The lowest BCUT2D eigenvalue weighted by atomic mass is 10.0. The molecule has 82 valence electrons. The third-order valence-electron chi connectivity index (χ3n) is 1.91. The Morgan fingerprint density at radius 1 is 1.50 bits per heavy atom. The maximum atomic E-state index is 10.9. The van der Waals surface area contributed by atoms with Crippen molar-refractivity contribution in [2.75, 3.05) is 6.61 Å². The molecule has 0 bridgehead atoms. The number of ether oxygens (including phenoxy) is 1. The van der Waals surface area contributed by atoms with Gasteiger partial charge in [-0.05, 0) is 12.8 Å². The van der Waals surface area contributed by atoms with E-state index < -0.39 is 5.97 Å². The van der Waals surface area contributed by atoms with Crippen molar-refractivity contribution in [1.29, 1.82) is 0 Å². The summed E-state index contributed by atoms with van der Waals surface area (Å²) >= 11 is 0. The van der Waals surface area contributed by atoms with Gasteiger partial charge in [0.25, 0.3) is 0 Å². The highest BCUT2D eigenvalue weighted by Crippen LogP contribution is 2.14. The molecule has 1 atom stereocenters. The molecule has 0 saturated carbocycles. The second kappa shape index (κ2) is 7.42. The molecule has 0 aliphatic carbocycles. The molecule has 14 heavy (non-hydrogen) atoms. The Bertz CT molecular complexity index is 197. The summed E-state index contributed by atoms with van der Waals surface area (Å²) in [6.45, 7) is 6.23. The summed E-state index contributed by atoms with van der Waals surface area (Å²) in [6.07, 6.45) is 3.86. The third-order valence-corrected chi connectivity index (χ3v) is 1.91. The fourth-order valence-electron chi connectivity index (χ4n) is 1.33. The third kappa shape index (κ3) is 6.52. The summed E-state index contributed by atoms with van der Waals surface area (Å²) in [7, 11) is 0. The predicted octanol–water partition coefficient (Wildman–Crippen LogP) is 2.82. The lowest BCUT2D eigenvalue weighted by Crippen LogP contribution is -2.03. The minimum atomic E-state index is -0.464. The lowest BCUT2D eigenvalue weighted by Gasteiger charge is -2.08. The number of aliphatic hydroxyl groups excluding tert-OH is 1. The normalized spacial score (nSPS) is 13.8. The number of rotatable bonds is 6. The molecule has 0 aliphatic heterocycles. The van der Waals surface area contributed by atoms with Crippen molar-refractivity contribution in [3.63, 3.8) is 0 Å². The van der Waals surface area contributed by atoms with Crippen LogP contribution in [0.3, 0.4) is 0 Å². The largest absolute Gasteiger partial charge is 0.512 e. The minimum Gasteiger partial charge on any atom is -0.512 e. The highest BCUT2D eigenvalue weighted by molar-refractivity contribution is 5.82. The Labute approximate surface area is 85.8 Å². The maximum absolute atomic E-state index is 10.9. The molecule has 0 fully saturated rings. The molecule has 0 aliphatic rings. The smallest absolute Gasteiger partial charge is 0.334 e. The van der Waals surface area contributed by atoms with Crippen LogP contribution in [0.5, 0.6) is 0 Å². The van der Waals surface area contributed by atoms with Crippen molar-refractivity contribution in [3.05, 3.63) is 11.8 Å². The zero-order valence-electron chi connectivity index (χ0n) is 9.25. The molecular formula is C11H20O3. The molecular weight excluding hydrogens is 180 g/mol. The standard InChI is InChI=1S/C11H20O3/c1-4-6-9(3)7-10(12)8-11(13)14-5-2/h8-9,12H,4-7H2,1-3H3. The van der Waals surface area contributed by atoms with E-state index >= 15 is 0 Å². The molecule has 0 spiro atoms. The van der Waals surface area contributed by atoms with E-state index in [1.165, 1.54) is 0 Å². The van der Waals surface area contributed by atoms with Crippen LogP contribution in [0.25, 0.3) is 0 Å². The number of carbonyl (C=O) groups is 1. The van der Waals surface area contributed by atoms with Gasteiger partial charge in [0, 0.05) is 6.42 Å². The molecule has 0 rings (SSSR count). The quantitative estimate of drug-likeness (QED) is 0.407. The van der Waals surface area contributed by atoms with Crippen molar-refractivity contribution in [2.24, 2.45) is 5.92 Å². The Morgan fingerprint density at radius 3 is 2.64 bits per heavy atom. The van der Waals surface area contributed by atoms with Gasteiger partial charge in [-0.3, -0.25) is 0 Å². The van der Waals surface area contributed by atoms with Crippen LogP contribution in [0.1, 0.15) is 40.0 Å². The van der Waals surface area contributed by atoms with Gasteiger partial charge in [0.2, 0.25) is 0 Å². The molecule has 3 heteroatoms. The second-order valence-electron chi connectivity index (χ2n) is 3.49. The van der Waals surface area contributed by atoms with Crippen LogP contribution < -0.4 is 0 Å². The molecule has 1 unspecified atom stereocenters. The van der Waals surface area contributed by atoms with Gasteiger partial charge in [-0.15, -0.1) is 0 Å². The van der Waals surface area contributed by atoms with Gasteiger partial charge in [0.15, 0.2) is 0 Å². The Morgan fingerprint density at radius 2 is 2.14 bits per heavy atom. The highest BCUT2D eigenvalue weighted by atomic mass is 16.5. The summed E-state index contributed by atoms with van der Waals surface area (Å²) in [4.78, 5) is 10.9. The predicted molar refractivity (Wildman–Crippen MR) is 56.0 cm³/mol. The van der Waals surface area contributed by atoms with Gasteiger partial charge in [-0.25, -0.2) is 4.79 Å². The molecule has 0 amide bonds. The number of allylic oxidation sites excluding steroid dienone is 1. The first-order chi connectivity index (χ1) is 6.60. The monoisotopic (exact) mass is 200 g/mol. The van der Waals surface area contributed by atoms with Crippen molar-refractivity contribution in [3.8, 4) is 0 Å². The van der Waals surface area contributed by atoms with Gasteiger partial charge in [0.05, 0.1) is 18.4 Å². The first-order valence-corrected chi connectivity index (χ1v) is 5.16. The number of hydrogen-bond donors (Lipinski definition) is 1. The van der Waals surface area contributed by atoms with E-state index in [1.54, 1.807) is 6.92 Å². The summed E-state index contributed by atoms with van der Waals surface area (Å²) in [5.41, 5.74) is 0. The van der Waals surface area contributed by atoms with Crippen LogP contribution in [-0.4, -0.2) is 17.7 Å². The SMILES string of the molecule is CCCC(C)CC(O)=CC(=O)OCC. The van der Waals surface area contributed by atoms with E-state index in [1.807, 2.05) is 0 Å². The average Bonchev–Trinajstić information content (AvgIpc) is 2.03. The summed E-state index contributed by atoms with van der Waals surface area (Å²) in [5, 5.41) is 9.40. The fourth-order valence-corrected chi connectivity index (χ4v) is 1.33. The van der Waals surface area contributed by atoms with Crippen molar-refractivity contribution in [1.82, 2.24) is 0 Å².